The average molecular weight is 356 g/mol. The number of aryl methyl sites for hydroxylation is 1. The molecule has 2 aromatic rings. The van der Waals surface area contributed by atoms with E-state index in [-0.39, 0.29) is 17.4 Å². The van der Waals surface area contributed by atoms with Crippen LogP contribution in [-0.2, 0) is 4.79 Å². The second-order valence-corrected chi connectivity index (χ2v) is 6.48. The maximum Gasteiger partial charge on any atom is 0.172 e. The molecule has 1 aliphatic rings. The Labute approximate surface area is 151 Å². The first-order chi connectivity index (χ1) is 12.0. The molecule has 128 valence electrons. The van der Waals surface area contributed by atoms with Gasteiger partial charge in [0.05, 0.1) is 11.7 Å². The first-order valence-corrected chi connectivity index (χ1v) is 8.41. The molecule has 3 heterocycles. The minimum atomic E-state index is -0.257. The van der Waals surface area contributed by atoms with Gasteiger partial charge >= 0.3 is 0 Å². The zero-order chi connectivity index (χ0) is 18.0. The van der Waals surface area contributed by atoms with Crippen LogP contribution in [-0.4, -0.2) is 38.5 Å². The number of carbonyl (C=O) groups excluding carboxylic acids is 1. The number of hydrogen-bond acceptors (Lipinski definition) is 5. The highest BCUT2D eigenvalue weighted by atomic mass is 35.5. The van der Waals surface area contributed by atoms with Gasteiger partial charge in [0.2, 0.25) is 0 Å². The summed E-state index contributed by atoms with van der Waals surface area (Å²) in [5.74, 6) is -0.257. The zero-order valence-electron chi connectivity index (χ0n) is 14.1. The minimum absolute atomic E-state index is 0.145. The molecule has 0 amide bonds. The van der Waals surface area contributed by atoms with Crippen LogP contribution in [0.1, 0.15) is 30.5 Å². The summed E-state index contributed by atoms with van der Waals surface area (Å²) in [6, 6.07) is 5.89. The highest BCUT2D eigenvalue weighted by Gasteiger charge is 2.30. The molecule has 0 saturated carbocycles. The van der Waals surface area contributed by atoms with Crippen LogP contribution in [0.25, 0.3) is 5.70 Å². The van der Waals surface area contributed by atoms with Crippen molar-refractivity contribution >= 4 is 23.1 Å². The van der Waals surface area contributed by atoms with Gasteiger partial charge in [-0.05, 0) is 38.0 Å². The Morgan fingerprint density at radius 2 is 2.28 bits per heavy atom. The third-order valence-corrected chi connectivity index (χ3v) is 4.61. The van der Waals surface area contributed by atoms with E-state index in [1.165, 1.54) is 6.92 Å². The lowest BCUT2D eigenvalue weighted by molar-refractivity contribution is -0.113. The quantitative estimate of drug-likeness (QED) is 0.478. The topological polar surface area (TPSA) is 74.8 Å². The summed E-state index contributed by atoms with van der Waals surface area (Å²) in [5, 5.41) is 14.2. The van der Waals surface area contributed by atoms with Gasteiger partial charge in [-0.25, -0.2) is 4.98 Å². The Kier molecular flexibility index (Phi) is 4.86. The molecule has 3 rings (SSSR count). The van der Waals surface area contributed by atoms with Crippen LogP contribution in [0.15, 0.2) is 36.3 Å². The lowest BCUT2D eigenvalue weighted by atomic mass is 10.0. The molecule has 0 spiro atoms. The summed E-state index contributed by atoms with van der Waals surface area (Å²) >= 11 is 6.07. The van der Waals surface area contributed by atoms with E-state index in [2.05, 4.69) is 21.1 Å². The maximum atomic E-state index is 12.1. The summed E-state index contributed by atoms with van der Waals surface area (Å²) in [6.07, 6.45) is 6.23. The summed E-state index contributed by atoms with van der Waals surface area (Å²) in [5.41, 5.74) is 2.42. The molecule has 1 aliphatic heterocycles. The van der Waals surface area contributed by atoms with Gasteiger partial charge in [0.15, 0.2) is 5.78 Å². The van der Waals surface area contributed by atoms with E-state index in [0.29, 0.717) is 17.4 Å². The van der Waals surface area contributed by atoms with Gasteiger partial charge in [0.25, 0.3) is 0 Å². The average Bonchev–Trinajstić information content (AvgIpc) is 3.25. The van der Waals surface area contributed by atoms with E-state index in [9.17, 15) is 10.1 Å². The molecular formula is C18H18ClN5O. The molecule has 2 aromatic heterocycles. The third-order valence-electron chi connectivity index (χ3n) is 4.40. The minimum Gasteiger partial charge on any atom is -0.368 e. The lowest BCUT2D eigenvalue weighted by Crippen LogP contribution is -2.23. The van der Waals surface area contributed by atoms with Gasteiger partial charge in [0, 0.05) is 37.2 Å². The van der Waals surface area contributed by atoms with Crippen LogP contribution in [0.5, 0.6) is 0 Å². The molecule has 1 saturated heterocycles. The molecule has 1 atom stereocenters. The zero-order valence-corrected chi connectivity index (χ0v) is 14.9. The number of rotatable bonds is 4. The van der Waals surface area contributed by atoms with E-state index in [4.69, 9.17) is 11.6 Å². The number of nitrogens with zero attached hydrogens (tertiary/aromatic N) is 5. The van der Waals surface area contributed by atoms with Gasteiger partial charge in [-0.1, -0.05) is 11.6 Å². The van der Waals surface area contributed by atoms with Crippen LogP contribution in [0.3, 0.4) is 0 Å². The molecule has 25 heavy (non-hydrogen) atoms. The number of hydrogen-bond donors (Lipinski definition) is 0. The fraction of sp³-hybridized carbons (Fsp3) is 0.333. The maximum absolute atomic E-state index is 12.1. The highest BCUT2D eigenvalue weighted by Crippen LogP contribution is 2.33. The second kappa shape index (κ2) is 7.08. The second-order valence-electron chi connectivity index (χ2n) is 6.09. The summed E-state index contributed by atoms with van der Waals surface area (Å²) in [7, 11) is 0. The molecule has 7 heteroatoms. The van der Waals surface area contributed by atoms with Crippen molar-refractivity contribution in [1.29, 1.82) is 5.26 Å². The largest absolute Gasteiger partial charge is 0.368 e. The Hall–Kier alpha value is -2.65. The van der Waals surface area contributed by atoms with Crippen LogP contribution in [0.2, 0.25) is 5.15 Å². The number of carbonyl (C=O) groups is 1. The molecular weight excluding hydrogens is 338 g/mol. The number of nitriles is 1. The van der Waals surface area contributed by atoms with Gasteiger partial charge in [0.1, 0.15) is 16.8 Å². The van der Waals surface area contributed by atoms with Gasteiger partial charge in [-0.15, -0.1) is 0 Å². The Balaban J connectivity index is 2.06. The van der Waals surface area contributed by atoms with Crippen molar-refractivity contribution in [1.82, 2.24) is 19.7 Å². The smallest absolute Gasteiger partial charge is 0.172 e. The number of allylic oxidation sites excluding steroid dienone is 1. The van der Waals surface area contributed by atoms with E-state index >= 15 is 0 Å². The predicted molar refractivity (Wildman–Crippen MR) is 94.7 cm³/mol. The number of pyridine rings is 1. The van der Waals surface area contributed by atoms with Crippen molar-refractivity contribution in [2.24, 2.45) is 0 Å². The van der Waals surface area contributed by atoms with Crippen LogP contribution in [0, 0.1) is 18.3 Å². The Morgan fingerprint density at radius 1 is 1.48 bits per heavy atom. The number of aromatic nitrogens is 3. The molecule has 0 bridgehead atoms. The molecule has 0 aliphatic carbocycles. The summed E-state index contributed by atoms with van der Waals surface area (Å²) in [6.45, 7) is 4.72. The SMILES string of the molecule is CC(=O)/C(C#N)=C(\c1cc(Cl)ncc1C)N1CC[C@@H](n2cccn2)C1. The summed E-state index contributed by atoms with van der Waals surface area (Å²) in [4.78, 5) is 18.2. The molecule has 6 nitrogen and oxygen atoms in total. The first kappa shape index (κ1) is 17.2. The number of ketones is 1. The molecule has 0 aromatic carbocycles. The Morgan fingerprint density at radius 3 is 2.92 bits per heavy atom. The van der Waals surface area contributed by atoms with Crippen molar-refractivity contribution in [2.75, 3.05) is 13.1 Å². The van der Waals surface area contributed by atoms with Gasteiger partial charge in [-0.2, -0.15) is 10.4 Å². The standard InChI is InChI=1S/C18H18ClN5O/c1-12-10-21-17(19)8-15(12)18(16(9-20)13(2)25)23-7-4-14(11-23)24-6-3-5-22-24/h3,5-6,8,10,14H,4,7,11H2,1-2H3/b18-16+/t14-/m1/s1. The molecule has 1 fully saturated rings. The third kappa shape index (κ3) is 3.42. The first-order valence-electron chi connectivity index (χ1n) is 8.03. The monoisotopic (exact) mass is 355 g/mol. The lowest BCUT2D eigenvalue weighted by Gasteiger charge is -2.25. The van der Waals surface area contributed by atoms with Gasteiger partial charge < -0.3 is 4.90 Å². The predicted octanol–water partition coefficient (Wildman–Crippen LogP) is 3.01. The molecule has 0 radical (unpaired) electrons. The van der Waals surface area contributed by atoms with E-state index in [1.807, 2.05) is 23.9 Å². The fourth-order valence-electron chi connectivity index (χ4n) is 3.17. The number of Topliss-reactive ketones (excluding diaryl/α,β-unsaturated/α-hetero) is 1. The van der Waals surface area contributed by atoms with E-state index in [1.54, 1.807) is 18.5 Å². The van der Waals surface area contributed by atoms with E-state index in [0.717, 1.165) is 24.1 Å². The van der Waals surface area contributed by atoms with Crippen molar-refractivity contribution in [3.05, 3.63) is 52.6 Å². The van der Waals surface area contributed by atoms with Crippen LogP contribution < -0.4 is 0 Å². The summed E-state index contributed by atoms with van der Waals surface area (Å²) < 4.78 is 1.92. The Bertz CT molecular complexity index is 866. The normalized spacial score (nSPS) is 18.0. The van der Waals surface area contributed by atoms with Crippen molar-refractivity contribution in [2.45, 2.75) is 26.3 Å². The molecule has 0 unspecified atom stereocenters. The van der Waals surface area contributed by atoms with Gasteiger partial charge in [-0.3, -0.25) is 9.48 Å². The van der Waals surface area contributed by atoms with Crippen molar-refractivity contribution in [3.8, 4) is 6.07 Å². The number of halogens is 1. The molecule has 0 N–H and O–H groups in total. The van der Waals surface area contributed by atoms with Crippen molar-refractivity contribution in [3.63, 3.8) is 0 Å². The van der Waals surface area contributed by atoms with Crippen molar-refractivity contribution < 1.29 is 4.79 Å². The number of likely N-dealkylation sites (tertiary alicyclic amines) is 1. The fourth-order valence-corrected chi connectivity index (χ4v) is 3.33. The van der Waals surface area contributed by atoms with Crippen LogP contribution >= 0.6 is 11.6 Å². The van der Waals surface area contributed by atoms with Crippen LogP contribution in [0.4, 0.5) is 0 Å². The van der Waals surface area contributed by atoms with E-state index < -0.39 is 0 Å². The highest BCUT2D eigenvalue weighted by molar-refractivity contribution is 6.29.